The Labute approximate surface area is 139 Å². The van der Waals surface area contributed by atoms with Gasteiger partial charge in [-0.1, -0.05) is 37.0 Å². The van der Waals surface area contributed by atoms with Crippen LogP contribution in [0.3, 0.4) is 0 Å². The number of nitrogens with one attached hydrogen (secondary N) is 1. The second-order valence-electron chi connectivity index (χ2n) is 6.85. The number of benzene rings is 1. The summed E-state index contributed by atoms with van der Waals surface area (Å²) in [5.74, 6) is 0.0771. The van der Waals surface area contributed by atoms with Crippen LogP contribution in [0, 0.1) is 26.7 Å². The first-order valence-corrected chi connectivity index (χ1v) is 8.51. The van der Waals surface area contributed by atoms with E-state index in [1.165, 1.54) is 12.0 Å². The third kappa shape index (κ3) is 4.57. The molecule has 1 aromatic rings. The summed E-state index contributed by atoms with van der Waals surface area (Å²) in [6, 6.07) is 4.11. The van der Waals surface area contributed by atoms with Crippen LogP contribution in [-0.4, -0.2) is 30.3 Å². The van der Waals surface area contributed by atoms with Crippen molar-refractivity contribution < 1.29 is 9.59 Å². The Balaban J connectivity index is 1.95. The molecule has 0 aliphatic heterocycles. The van der Waals surface area contributed by atoms with E-state index in [4.69, 9.17) is 0 Å². The van der Waals surface area contributed by atoms with Crippen LogP contribution >= 0.6 is 0 Å². The lowest BCUT2D eigenvalue weighted by Crippen LogP contribution is -2.39. The van der Waals surface area contributed by atoms with Crippen LogP contribution in [0.1, 0.15) is 48.8 Å². The van der Waals surface area contributed by atoms with Crippen molar-refractivity contribution in [2.24, 2.45) is 5.92 Å². The summed E-state index contributed by atoms with van der Waals surface area (Å²) in [4.78, 5) is 26.3. The zero-order valence-corrected chi connectivity index (χ0v) is 14.7. The van der Waals surface area contributed by atoms with Gasteiger partial charge in [0.2, 0.25) is 11.8 Å². The molecule has 1 saturated carbocycles. The van der Waals surface area contributed by atoms with Crippen LogP contribution < -0.4 is 5.32 Å². The molecule has 0 aromatic heterocycles. The Morgan fingerprint density at radius 2 is 1.65 bits per heavy atom. The quantitative estimate of drug-likeness (QED) is 0.923. The number of aryl methyl sites for hydroxylation is 3. The predicted molar refractivity (Wildman–Crippen MR) is 93.5 cm³/mol. The Morgan fingerprint density at radius 3 is 2.22 bits per heavy atom. The molecule has 1 aromatic carbocycles. The molecule has 0 saturated heterocycles. The van der Waals surface area contributed by atoms with Crippen LogP contribution in [0.15, 0.2) is 12.1 Å². The van der Waals surface area contributed by atoms with E-state index in [1.807, 2.05) is 20.8 Å². The van der Waals surface area contributed by atoms with Gasteiger partial charge in [0.1, 0.15) is 0 Å². The fraction of sp³-hybridized carbons (Fsp3) is 0.579. The molecule has 1 fully saturated rings. The van der Waals surface area contributed by atoms with Gasteiger partial charge in [-0.2, -0.15) is 0 Å². The molecule has 4 heteroatoms. The van der Waals surface area contributed by atoms with Gasteiger partial charge in [-0.3, -0.25) is 9.59 Å². The molecular formula is C19H28N2O2. The minimum Gasteiger partial charge on any atom is -0.336 e. The summed E-state index contributed by atoms with van der Waals surface area (Å²) < 4.78 is 0. The second-order valence-corrected chi connectivity index (χ2v) is 6.85. The van der Waals surface area contributed by atoms with Crippen molar-refractivity contribution in [1.82, 2.24) is 4.90 Å². The molecule has 0 heterocycles. The molecule has 2 rings (SSSR count). The summed E-state index contributed by atoms with van der Waals surface area (Å²) in [6.07, 6.45) is 5.39. The highest BCUT2D eigenvalue weighted by molar-refractivity contribution is 5.96. The lowest BCUT2D eigenvalue weighted by Gasteiger charge is -2.26. The number of anilines is 1. The van der Waals surface area contributed by atoms with Gasteiger partial charge in [0, 0.05) is 18.7 Å². The topological polar surface area (TPSA) is 49.4 Å². The van der Waals surface area contributed by atoms with E-state index in [2.05, 4.69) is 17.4 Å². The highest BCUT2D eigenvalue weighted by atomic mass is 16.2. The van der Waals surface area contributed by atoms with E-state index in [0.717, 1.165) is 42.5 Å². The van der Waals surface area contributed by atoms with Gasteiger partial charge in [0.25, 0.3) is 0 Å². The van der Waals surface area contributed by atoms with Gasteiger partial charge in [-0.15, -0.1) is 0 Å². The summed E-state index contributed by atoms with van der Waals surface area (Å²) in [5.41, 5.74) is 4.15. The number of nitrogens with zero attached hydrogens (tertiary/aromatic N) is 1. The minimum absolute atomic E-state index is 0.101. The largest absolute Gasteiger partial charge is 0.336 e. The molecule has 1 aliphatic carbocycles. The Bertz CT molecular complexity index is 566. The normalized spacial score (nSPS) is 15.3. The van der Waals surface area contributed by atoms with Crippen LogP contribution in [0.5, 0.6) is 0 Å². The molecule has 0 bridgehead atoms. The maximum Gasteiger partial charge on any atom is 0.243 e. The Kier molecular flexibility index (Phi) is 5.80. The molecule has 4 nitrogen and oxygen atoms in total. The number of amides is 2. The van der Waals surface area contributed by atoms with Crippen molar-refractivity contribution in [1.29, 1.82) is 0 Å². The zero-order valence-electron chi connectivity index (χ0n) is 14.7. The van der Waals surface area contributed by atoms with Crippen LogP contribution in [-0.2, 0) is 9.59 Å². The fourth-order valence-corrected chi connectivity index (χ4v) is 3.51. The molecule has 0 unspecified atom stereocenters. The van der Waals surface area contributed by atoms with Crippen molar-refractivity contribution in [3.8, 4) is 0 Å². The number of rotatable bonds is 4. The summed E-state index contributed by atoms with van der Waals surface area (Å²) >= 11 is 0. The summed E-state index contributed by atoms with van der Waals surface area (Å²) in [6.45, 7) is 6.14. The Hall–Kier alpha value is -1.84. The first kappa shape index (κ1) is 17.5. The van der Waals surface area contributed by atoms with Crippen molar-refractivity contribution in [2.45, 2.75) is 52.9 Å². The summed E-state index contributed by atoms with van der Waals surface area (Å²) in [5, 5.41) is 2.96. The predicted octanol–water partition coefficient (Wildman–Crippen LogP) is 3.59. The van der Waals surface area contributed by atoms with E-state index < -0.39 is 0 Å². The number of hydrogen-bond donors (Lipinski definition) is 1. The van der Waals surface area contributed by atoms with Crippen LogP contribution in [0.25, 0.3) is 0 Å². The van der Waals surface area contributed by atoms with E-state index in [1.54, 1.807) is 11.9 Å². The molecule has 1 N–H and O–H groups in total. The maximum absolute atomic E-state index is 12.4. The van der Waals surface area contributed by atoms with Gasteiger partial charge < -0.3 is 10.2 Å². The van der Waals surface area contributed by atoms with Gasteiger partial charge in [-0.25, -0.2) is 0 Å². The highest BCUT2D eigenvalue weighted by Crippen LogP contribution is 2.25. The van der Waals surface area contributed by atoms with Gasteiger partial charge in [-0.05, 0) is 44.7 Å². The molecule has 0 spiro atoms. The van der Waals surface area contributed by atoms with E-state index in [-0.39, 0.29) is 24.3 Å². The van der Waals surface area contributed by atoms with Crippen molar-refractivity contribution in [3.05, 3.63) is 28.8 Å². The van der Waals surface area contributed by atoms with E-state index >= 15 is 0 Å². The SMILES string of the molecule is Cc1cc(C)c(NC(=O)CN(C)C(=O)C2CCCCC2)c(C)c1. The number of carbonyl (C=O) groups is 2. The molecule has 0 radical (unpaired) electrons. The van der Waals surface area contributed by atoms with E-state index in [0.29, 0.717) is 0 Å². The Morgan fingerprint density at radius 1 is 1.09 bits per heavy atom. The van der Waals surface area contributed by atoms with Gasteiger partial charge >= 0.3 is 0 Å². The first-order valence-electron chi connectivity index (χ1n) is 8.51. The zero-order chi connectivity index (χ0) is 17.0. The standard InChI is InChI=1S/C19H28N2O2/c1-13-10-14(2)18(15(3)11-13)20-17(22)12-21(4)19(23)16-8-6-5-7-9-16/h10-11,16H,5-9,12H2,1-4H3,(H,20,22). The average molecular weight is 316 g/mol. The fourth-order valence-electron chi connectivity index (χ4n) is 3.51. The third-order valence-corrected chi connectivity index (χ3v) is 4.65. The molecular weight excluding hydrogens is 288 g/mol. The smallest absolute Gasteiger partial charge is 0.243 e. The van der Waals surface area contributed by atoms with Crippen molar-refractivity contribution in [3.63, 3.8) is 0 Å². The lowest BCUT2D eigenvalue weighted by molar-refractivity contribution is -0.137. The highest BCUT2D eigenvalue weighted by Gasteiger charge is 2.25. The molecule has 2 amide bonds. The number of likely N-dealkylation sites (N-methyl/N-ethyl adjacent to an activating group) is 1. The summed E-state index contributed by atoms with van der Waals surface area (Å²) in [7, 11) is 1.73. The molecule has 126 valence electrons. The van der Waals surface area contributed by atoms with Gasteiger partial charge in [0.05, 0.1) is 6.54 Å². The van der Waals surface area contributed by atoms with Crippen LogP contribution in [0.2, 0.25) is 0 Å². The first-order chi connectivity index (χ1) is 10.9. The van der Waals surface area contributed by atoms with E-state index in [9.17, 15) is 9.59 Å². The molecule has 1 aliphatic rings. The number of hydrogen-bond acceptors (Lipinski definition) is 2. The molecule has 23 heavy (non-hydrogen) atoms. The monoisotopic (exact) mass is 316 g/mol. The average Bonchev–Trinajstić information content (AvgIpc) is 2.51. The minimum atomic E-state index is -0.133. The second kappa shape index (κ2) is 7.62. The van der Waals surface area contributed by atoms with Crippen molar-refractivity contribution in [2.75, 3.05) is 18.9 Å². The maximum atomic E-state index is 12.4. The van der Waals surface area contributed by atoms with Gasteiger partial charge in [0.15, 0.2) is 0 Å². The van der Waals surface area contributed by atoms with Crippen molar-refractivity contribution >= 4 is 17.5 Å². The lowest BCUT2D eigenvalue weighted by atomic mass is 9.88. The number of carbonyl (C=O) groups excluding carboxylic acids is 2. The molecule has 0 atom stereocenters. The third-order valence-electron chi connectivity index (χ3n) is 4.65. The van der Waals surface area contributed by atoms with Crippen LogP contribution in [0.4, 0.5) is 5.69 Å².